The van der Waals surface area contributed by atoms with Gasteiger partial charge < -0.3 is 14.8 Å². The predicted octanol–water partition coefficient (Wildman–Crippen LogP) is 3.41. The summed E-state index contributed by atoms with van der Waals surface area (Å²) < 4.78 is 2.32. The van der Waals surface area contributed by atoms with Crippen molar-refractivity contribution in [3.8, 4) is 0 Å². The lowest BCUT2D eigenvalue weighted by molar-refractivity contribution is 0.182. The summed E-state index contributed by atoms with van der Waals surface area (Å²) in [5, 5.41) is 3.11. The fraction of sp³-hybridized carbons (Fsp3) is 0.556. The van der Waals surface area contributed by atoms with Crippen LogP contribution in [-0.2, 0) is 6.54 Å². The average molecular weight is 344 g/mol. The number of nitrogens with one attached hydrogen (secondary N) is 1. The number of amides is 2. The second kappa shape index (κ2) is 6.67. The number of hydrogen-bond acceptors (Lipinski definition) is 3. The zero-order valence-electron chi connectivity index (χ0n) is 14.1. The predicted molar refractivity (Wildman–Crippen MR) is 98.3 cm³/mol. The number of carbonyl (C=O) groups excluding carboxylic acids is 1. The molecule has 1 aromatic heterocycles. The van der Waals surface area contributed by atoms with E-state index in [1.54, 1.807) is 0 Å². The second-order valence-electron chi connectivity index (χ2n) is 6.72. The Bertz CT molecular complexity index is 740. The van der Waals surface area contributed by atoms with Gasteiger partial charge in [-0.15, -0.1) is 0 Å². The molecular formula is C18H24N4OS. The van der Waals surface area contributed by atoms with Gasteiger partial charge in [0, 0.05) is 24.4 Å². The van der Waals surface area contributed by atoms with Crippen molar-refractivity contribution in [1.29, 1.82) is 0 Å². The van der Waals surface area contributed by atoms with Crippen LogP contribution in [0.3, 0.4) is 0 Å². The van der Waals surface area contributed by atoms with Crippen molar-refractivity contribution in [1.82, 2.24) is 19.8 Å². The Morgan fingerprint density at radius 2 is 2.12 bits per heavy atom. The Balaban J connectivity index is 1.50. The molecule has 1 aromatic carbocycles. The summed E-state index contributed by atoms with van der Waals surface area (Å²) in [4.78, 5) is 19.3. The molecule has 24 heavy (non-hydrogen) atoms. The molecule has 2 aromatic rings. The molecule has 0 radical (unpaired) electrons. The van der Waals surface area contributed by atoms with Crippen LogP contribution in [-0.4, -0.2) is 44.6 Å². The van der Waals surface area contributed by atoms with Gasteiger partial charge >= 0.3 is 6.03 Å². The molecule has 1 saturated carbocycles. The van der Waals surface area contributed by atoms with Gasteiger partial charge in [-0.3, -0.25) is 0 Å². The topological polar surface area (TPSA) is 50.2 Å². The van der Waals surface area contributed by atoms with Gasteiger partial charge in [-0.25, -0.2) is 9.78 Å². The molecule has 1 atom stereocenters. The third-order valence-electron chi connectivity index (χ3n) is 4.93. The number of imidazole rings is 1. The van der Waals surface area contributed by atoms with E-state index < -0.39 is 0 Å². The normalized spacial score (nSPS) is 21.7. The van der Waals surface area contributed by atoms with E-state index in [0.717, 1.165) is 35.8 Å². The lowest BCUT2D eigenvalue weighted by Crippen LogP contribution is -2.45. The molecular weight excluding hydrogens is 320 g/mol. The number of para-hydroxylation sites is 2. The molecule has 6 heteroatoms. The van der Waals surface area contributed by atoms with E-state index in [-0.39, 0.29) is 6.03 Å². The Kier molecular flexibility index (Phi) is 4.39. The summed E-state index contributed by atoms with van der Waals surface area (Å²) in [6.07, 6.45) is 3.49. The number of urea groups is 1. The van der Waals surface area contributed by atoms with Gasteiger partial charge in [0.15, 0.2) is 0 Å². The highest BCUT2D eigenvalue weighted by atomic mass is 32.2. The van der Waals surface area contributed by atoms with Gasteiger partial charge in [-0.05, 0) is 44.1 Å². The quantitative estimate of drug-likeness (QED) is 0.928. The Morgan fingerprint density at radius 3 is 2.96 bits per heavy atom. The lowest BCUT2D eigenvalue weighted by Gasteiger charge is -2.27. The van der Waals surface area contributed by atoms with Crippen molar-refractivity contribution in [2.45, 2.75) is 44.8 Å². The van der Waals surface area contributed by atoms with E-state index in [9.17, 15) is 4.79 Å². The number of aromatic nitrogens is 2. The number of carbonyl (C=O) groups is 1. The summed E-state index contributed by atoms with van der Waals surface area (Å²) in [7, 11) is 0. The van der Waals surface area contributed by atoms with Crippen molar-refractivity contribution < 1.29 is 4.79 Å². The first kappa shape index (κ1) is 15.8. The number of nitrogens with zero attached hydrogens (tertiary/aromatic N) is 3. The molecule has 128 valence electrons. The van der Waals surface area contributed by atoms with Crippen LogP contribution in [0.15, 0.2) is 24.3 Å². The fourth-order valence-electron chi connectivity index (χ4n) is 3.41. The number of benzene rings is 1. The fourth-order valence-corrected chi connectivity index (χ4v) is 4.45. The lowest BCUT2D eigenvalue weighted by atomic mass is 10.2. The molecule has 0 bridgehead atoms. The van der Waals surface area contributed by atoms with Crippen molar-refractivity contribution in [3.63, 3.8) is 0 Å². The van der Waals surface area contributed by atoms with E-state index in [2.05, 4.69) is 28.9 Å². The number of rotatable bonds is 3. The van der Waals surface area contributed by atoms with Crippen LogP contribution in [0.4, 0.5) is 4.79 Å². The first-order valence-electron chi connectivity index (χ1n) is 8.82. The minimum atomic E-state index is 0.0411. The first-order chi connectivity index (χ1) is 11.7. The summed E-state index contributed by atoms with van der Waals surface area (Å²) >= 11 is 1.93. The molecule has 2 heterocycles. The molecule has 5 nitrogen and oxygen atoms in total. The maximum absolute atomic E-state index is 12.6. The highest BCUT2D eigenvalue weighted by Crippen LogP contribution is 2.38. The monoisotopic (exact) mass is 344 g/mol. The molecule has 1 aliphatic heterocycles. The van der Waals surface area contributed by atoms with E-state index in [0.29, 0.717) is 18.6 Å². The van der Waals surface area contributed by atoms with Gasteiger partial charge in [-0.2, -0.15) is 11.8 Å². The van der Waals surface area contributed by atoms with Crippen LogP contribution in [0.2, 0.25) is 0 Å². The van der Waals surface area contributed by atoms with Crippen LogP contribution < -0.4 is 5.32 Å². The van der Waals surface area contributed by atoms with Gasteiger partial charge in [0.1, 0.15) is 5.82 Å². The van der Waals surface area contributed by atoms with Gasteiger partial charge in [-0.1, -0.05) is 12.1 Å². The molecule has 1 N–H and O–H groups in total. The summed E-state index contributed by atoms with van der Waals surface area (Å²) in [5.74, 6) is 3.14. The third kappa shape index (κ3) is 3.11. The molecule has 1 saturated heterocycles. The van der Waals surface area contributed by atoms with E-state index in [4.69, 9.17) is 4.98 Å². The molecule has 2 fully saturated rings. The summed E-state index contributed by atoms with van der Waals surface area (Å²) in [5.41, 5.74) is 2.21. The smallest absolute Gasteiger partial charge is 0.318 e. The van der Waals surface area contributed by atoms with Crippen molar-refractivity contribution >= 4 is 28.8 Å². The van der Waals surface area contributed by atoms with Crippen molar-refractivity contribution in [3.05, 3.63) is 30.1 Å². The van der Waals surface area contributed by atoms with Crippen LogP contribution in [0.1, 0.15) is 38.1 Å². The zero-order valence-corrected chi connectivity index (χ0v) is 14.9. The summed E-state index contributed by atoms with van der Waals surface area (Å²) in [6.45, 7) is 3.47. The van der Waals surface area contributed by atoms with Gasteiger partial charge in [0.25, 0.3) is 0 Å². The Labute approximate surface area is 146 Å². The van der Waals surface area contributed by atoms with Crippen LogP contribution in [0.25, 0.3) is 11.0 Å². The maximum atomic E-state index is 12.6. The minimum Gasteiger partial charge on any atom is -0.331 e. The highest BCUT2D eigenvalue weighted by Gasteiger charge is 2.28. The summed E-state index contributed by atoms with van der Waals surface area (Å²) in [6, 6.07) is 9.15. The SMILES string of the molecule is CC1CCSCCN1C(=O)NCc1nc2ccccc2n1C1CC1. The zero-order chi connectivity index (χ0) is 16.5. The van der Waals surface area contributed by atoms with E-state index >= 15 is 0 Å². The van der Waals surface area contributed by atoms with Crippen LogP contribution in [0, 0.1) is 0 Å². The van der Waals surface area contributed by atoms with E-state index in [1.807, 2.05) is 28.8 Å². The molecule has 4 rings (SSSR count). The molecule has 2 aliphatic rings. The molecule has 1 unspecified atom stereocenters. The molecule has 2 amide bonds. The Morgan fingerprint density at radius 1 is 1.29 bits per heavy atom. The third-order valence-corrected chi connectivity index (χ3v) is 5.92. The van der Waals surface area contributed by atoms with Crippen LogP contribution in [0.5, 0.6) is 0 Å². The van der Waals surface area contributed by atoms with Crippen molar-refractivity contribution in [2.24, 2.45) is 0 Å². The highest BCUT2D eigenvalue weighted by molar-refractivity contribution is 7.99. The number of fused-ring (bicyclic) bond motifs is 1. The minimum absolute atomic E-state index is 0.0411. The Hall–Kier alpha value is -1.69. The molecule has 1 aliphatic carbocycles. The largest absolute Gasteiger partial charge is 0.331 e. The second-order valence-corrected chi connectivity index (χ2v) is 7.94. The van der Waals surface area contributed by atoms with Gasteiger partial charge in [0.05, 0.1) is 17.6 Å². The number of hydrogen-bond donors (Lipinski definition) is 1. The standard InChI is InChI=1S/C18H24N4OS/c1-13-8-10-24-11-9-21(13)18(23)19-12-17-20-15-4-2-3-5-16(15)22(17)14-6-7-14/h2-5,13-14H,6-12H2,1H3,(H,19,23). The van der Waals surface area contributed by atoms with E-state index in [1.165, 1.54) is 18.4 Å². The average Bonchev–Trinajstić information content (AvgIpc) is 3.38. The maximum Gasteiger partial charge on any atom is 0.318 e. The number of thioether (sulfide) groups is 1. The van der Waals surface area contributed by atoms with Crippen LogP contribution >= 0.6 is 11.8 Å². The van der Waals surface area contributed by atoms with Gasteiger partial charge in [0.2, 0.25) is 0 Å². The first-order valence-corrected chi connectivity index (χ1v) is 9.97. The molecule has 0 spiro atoms. The van der Waals surface area contributed by atoms with Crippen molar-refractivity contribution in [2.75, 3.05) is 18.1 Å².